The zero-order valence-electron chi connectivity index (χ0n) is 25.0. The van der Waals surface area contributed by atoms with Gasteiger partial charge in [-0.3, -0.25) is 18.8 Å². The normalized spacial score (nSPS) is 14.4. The van der Waals surface area contributed by atoms with Crippen LogP contribution in [0.4, 0.5) is 11.4 Å². The lowest BCUT2D eigenvalue weighted by Gasteiger charge is -2.34. The SMILES string of the molecule is CCN(c1ccc2sc(C(=O)N3CC(C(=O)NCCc4ccccc4)Oc4ccccc43)cc2c1)S(=O)(=O)c1ccc(C)cc1. The molecule has 0 saturated carbocycles. The molecule has 1 unspecified atom stereocenters. The van der Waals surface area contributed by atoms with Crippen LogP contribution in [0.1, 0.15) is 27.7 Å². The van der Waals surface area contributed by atoms with Crippen molar-refractivity contribution in [2.75, 3.05) is 28.8 Å². The van der Waals surface area contributed by atoms with Gasteiger partial charge in [0.05, 0.1) is 27.7 Å². The predicted octanol–water partition coefficient (Wildman–Crippen LogP) is 6.19. The van der Waals surface area contributed by atoms with Crippen molar-refractivity contribution in [3.63, 3.8) is 0 Å². The van der Waals surface area contributed by atoms with Gasteiger partial charge in [-0.25, -0.2) is 8.42 Å². The highest BCUT2D eigenvalue weighted by molar-refractivity contribution is 7.92. The van der Waals surface area contributed by atoms with Gasteiger partial charge in [-0.05, 0) is 79.7 Å². The fraction of sp³-hybridized carbons (Fsp3) is 0.200. The molecule has 2 heterocycles. The topological polar surface area (TPSA) is 96.0 Å². The monoisotopic (exact) mass is 639 g/mol. The molecule has 45 heavy (non-hydrogen) atoms. The quantitative estimate of drug-likeness (QED) is 0.208. The van der Waals surface area contributed by atoms with Crippen LogP contribution in [0.5, 0.6) is 5.75 Å². The first-order valence-electron chi connectivity index (χ1n) is 14.8. The minimum absolute atomic E-state index is 0.0604. The van der Waals surface area contributed by atoms with E-state index in [0.29, 0.717) is 35.0 Å². The van der Waals surface area contributed by atoms with Gasteiger partial charge in [0.25, 0.3) is 21.8 Å². The third-order valence-electron chi connectivity index (χ3n) is 7.76. The average Bonchev–Trinajstić information content (AvgIpc) is 3.48. The highest BCUT2D eigenvalue weighted by Crippen LogP contribution is 2.37. The molecule has 10 heteroatoms. The zero-order chi connectivity index (χ0) is 31.6. The number of thiophene rings is 1. The number of carbonyl (C=O) groups excluding carboxylic acids is 2. The maximum absolute atomic E-state index is 14.0. The highest BCUT2D eigenvalue weighted by atomic mass is 32.2. The van der Waals surface area contributed by atoms with Gasteiger partial charge in [0.2, 0.25) is 0 Å². The van der Waals surface area contributed by atoms with Crippen LogP contribution in [-0.4, -0.2) is 46.0 Å². The molecule has 1 aromatic heterocycles. The van der Waals surface area contributed by atoms with Crippen molar-refractivity contribution < 1.29 is 22.7 Å². The van der Waals surface area contributed by atoms with Crippen LogP contribution in [0.15, 0.2) is 108 Å². The van der Waals surface area contributed by atoms with Crippen molar-refractivity contribution >= 4 is 54.6 Å². The number of hydrogen-bond acceptors (Lipinski definition) is 6. The van der Waals surface area contributed by atoms with E-state index in [1.165, 1.54) is 15.6 Å². The van der Waals surface area contributed by atoms with Crippen LogP contribution < -0.4 is 19.3 Å². The van der Waals surface area contributed by atoms with Crippen molar-refractivity contribution in [3.8, 4) is 5.75 Å². The lowest BCUT2D eigenvalue weighted by molar-refractivity contribution is -0.127. The summed E-state index contributed by atoms with van der Waals surface area (Å²) >= 11 is 1.33. The molecule has 230 valence electrons. The zero-order valence-corrected chi connectivity index (χ0v) is 26.6. The summed E-state index contributed by atoms with van der Waals surface area (Å²) in [5.41, 5.74) is 3.21. The largest absolute Gasteiger partial charge is 0.477 e. The summed E-state index contributed by atoms with van der Waals surface area (Å²) in [6.07, 6.45) is -0.185. The number of nitrogens with zero attached hydrogens (tertiary/aromatic N) is 2. The van der Waals surface area contributed by atoms with Crippen molar-refractivity contribution in [1.29, 1.82) is 0 Å². The van der Waals surface area contributed by atoms with E-state index in [4.69, 9.17) is 4.74 Å². The fourth-order valence-electron chi connectivity index (χ4n) is 5.40. The van der Waals surface area contributed by atoms with E-state index >= 15 is 0 Å². The standard InChI is InChI=1S/C35H33N3O5S2/c1-3-38(45(41,42)28-16-13-24(2)14-17-28)27-15-18-32-26(21-27)22-33(44-32)35(40)37-23-31(43-30-12-8-7-11-29(30)37)34(39)36-20-19-25-9-5-4-6-10-25/h4-18,21-22,31H,3,19-20,23H2,1-2H3,(H,36,39). The van der Waals surface area contributed by atoms with E-state index in [-0.39, 0.29) is 29.8 Å². The number of hydrogen-bond donors (Lipinski definition) is 1. The number of nitrogens with one attached hydrogen (secondary N) is 1. The Kier molecular flexibility index (Phi) is 8.60. The summed E-state index contributed by atoms with van der Waals surface area (Å²) in [4.78, 5) is 29.4. The molecule has 8 nitrogen and oxygen atoms in total. The van der Waals surface area contributed by atoms with Gasteiger partial charge in [0, 0.05) is 17.8 Å². The third-order valence-corrected chi connectivity index (χ3v) is 10.8. The Bertz CT molecular complexity index is 1960. The second kappa shape index (κ2) is 12.7. The Morgan fingerprint density at radius 2 is 1.69 bits per heavy atom. The number of amides is 2. The van der Waals surface area contributed by atoms with E-state index in [0.717, 1.165) is 21.2 Å². The van der Waals surface area contributed by atoms with Gasteiger partial charge in [-0.1, -0.05) is 60.2 Å². The first-order valence-corrected chi connectivity index (χ1v) is 17.0. The maximum atomic E-state index is 14.0. The molecule has 0 bridgehead atoms. The second-order valence-electron chi connectivity index (χ2n) is 10.8. The van der Waals surface area contributed by atoms with Crippen molar-refractivity contribution in [1.82, 2.24) is 5.32 Å². The lowest BCUT2D eigenvalue weighted by Crippen LogP contribution is -2.51. The molecule has 0 aliphatic carbocycles. The summed E-state index contributed by atoms with van der Waals surface area (Å²) in [5, 5.41) is 3.71. The number of fused-ring (bicyclic) bond motifs is 2. The minimum atomic E-state index is -3.78. The first kappa shape index (κ1) is 30.4. The van der Waals surface area contributed by atoms with E-state index in [1.807, 2.05) is 55.5 Å². The first-order chi connectivity index (χ1) is 21.7. The number of rotatable bonds is 9. The molecule has 1 aliphatic heterocycles. The molecule has 0 saturated heterocycles. The minimum Gasteiger partial charge on any atom is -0.477 e. The second-order valence-corrected chi connectivity index (χ2v) is 13.8. The van der Waals surface area contributed by atoms with Crippen molar-refractivity contribution in [2.24, 2.45) is 0 Å². The fourth-order valence-corrected chi connectivity index (χ4v) is 7.86. The average molecular weight is 640 g/mol. The van der Waals surface area contributed by atoms with Gasteiger partial charge in [0.1, 0.15) is 5.75 Å². The van der Waals surface area contributed by atoms with Gasteiger partial charge in [0.15, 0.2) is 6.10 Å². The number of benzene rings is 4. The summed E-state index contributed by atoms with van der Waals surface area (Å²) < 4.78 is 35.2. The molecule has 1 atom stereocenters. The number of carbonyl (C=O) groups is 2. The van der Waals surface area contributed by atoms with Crippen LogP contribution in [0.25, 0.3) is 10.1 Å². The Labute approximate surface area is 266 Å². The van der Waals surface area contributed by atoms with Gasteiger partial charge < -0.3 is 10.1 Å². The van der Waals surface area contributed by atoms with Gasteiger partial charge >= 0.3 is 0 Å². The molecule has 4 aromatic carbocycles. The third kappa shape index (κ3) is 6.29. The number of ether oxygens (including phenoxy) is 1. The molecular formula is C35H33N3O5S2. The van der Waals surface area contributed by atoms with E-state index in [2.05, 4.69) is 5.32 Å². The number of anilines is 2. The highest BCUT2D eigenvalue weighted by Gasteiger charge is 2.35. The number of aryl methyl sites for hydroxylation is 1. The summed E-state index contributed by atoms with van der Waals surface area (Å²) in [7, 11) is -3.78. The van der Waals surface area contributed by atoms with Gasteiger partial charge in [-0.15, -0.1) is 11.3 Å². The number of para-hydroxylation sites is 2. The molecule has 0 spiro atoms. The summed E-state index contributed by atoms with van der Waals surface area (Å²) in [5.74, 6) is -0.0764. The summed E-state index contributed by atoms with van der Waals surface area (Å²) in [6.45, 7) is 4.46. The Morgan fingerprint density at radius 1 is 0.956 bits per heavy atom. The van der Waals surface area contributed by atoms with E-state index in [1.54, 1.807) is 66.4 Å². The van der Waals surface area contributed by atoms with Crippen molar-refractivity contribution in [3.05, 3.63) is 119 Å². The number of sulfonamides is 1. The Morgan fingerprint density at radius 3 is 2.44 bits per heavy atom. The molecule has 0 fully saturated rings. The molecule has 0 radical (unpaired) electrons. The van der Waals surface area contributed by atoms with Crippen LogP contribution in [0, 0.1) is 6.92 Å². The van der Waals surface area contributed by atoms with E-state index < -0.39 is 16.1 Å². The molecule has 2 amide bonds. The molecule has 1 N–H and O–H groups in total. The lowest BCUT2D eigenvalue weighted by atomic mass is 10.1. The van der Waals surface area contributed by atoms with E-state index in [9.17, 15) is 18.0 Å². The molecular weight excluding hydrogens is 607 g/mol. The molecule has 6 rings (SSSR count). The predicted molar refractivity (Wildman–Crippen MR) is 179 cm³/mol. The van der Waals surface area contributed by atoms with Crippen LogP contribution >= 0.6 is 11.3 Å². The van der Waals surface area contributed by atoms with Crippen LogP contribution in [0.2, 0.25) is 0 Å². The summed E-state index contributed by atoms with van der Waals surface area (Å²) in [6, 6.07) is 31.1. The van der Waals surface area contributed by atoms with Crippen molar-refractivity contribution in [2.45, 2.75) is 31.3 Å². The molecule has 1 aliphatic rings. The smallest absolute Gasteiger partial charge is 0.268 e. The van der Waals surface area contributed by atoms with Crippen LogP contribution in [0.3, 0.4) is 0 Å². The van der Waals surface area contributed by atoms with Crippen LogP contribution in [-0.2, 0) is 21.2 Å². The van der Waals surface area contributed by atoms with Gasteiger partial charge in [-0.2, -0.15) is 0 Å². The molecule has 5 aromatic rings. The Balaban J connectivity index is 1.23. The maximum Gasteiger partial charge on any atom is 0.268 e. The Hall–Kier alpha value is -4.67.